The molecule has 9 heteroatoms. The number of carbonyl (C=O) groups is 1. The highest BCUT2D eigenvalue weighted by molar-refractivity contribution is 7.90. The molecule has 2 heterocycles. The van der Waals surface area contributed by atoms with E-state index < -0.39 is 21.5 Å². The SMILES string of the molecule is O=C(NCCCN1CCC(Cc2ccccc2)CC1)c1nc(CS(=O)(=O)c2ccccc2)no1. The van der Waals surface area contributed by atoms with Crippen molar-refractivity contribution in [2.24, 2.45) is 5.92 Å². The second-order valence-corrected chi connectivity index (χ2v) is 10.7. The fourth-order valence-corrected chi connectivity index (χ4v) is 5.42. The van der Waals surface area contributed by atoms with E-state index in [1.54, 1.807) is 18.2 Å². The number of likely N-dealkylation sites (tertiary alicyclic amines) is 1. The standard InChI is InChI=1S/C25H30N4O4S/c30-24(25-27-23(28-33-25)19-34(31,32)22-10-5-2-6-11-22)26-14-7-15-29-16-12-21(13-17-29)18-20-8-3-1-4-9-20/h1-6,8-11,21H,7,12-19H2,(H,26,30). The molecule has 180 valence electrons. The van der Waals surface area contributed by atoms with Crippen LogP contribution in [0.15, 0.2) is 70.1 Å². The molecule has 1 N–H and O–H groups in total. The maximum absolute atomic E-state index is 12.4. The van der Waals surface area contributed by atoms with Gasteiger partial charge in [0.25, 0.3) is 0 Å². The van der Waals surface area contributed by atoms with Crippen LogP contribution in [-0.2, 0) is 22.0 Å². The summed E-state index contributed by atoms with van der Waals surface area (Å²) in [5.74, 6) is -0.436. The minimum absolute atomic E-state index is 0.0348. The second-order valence-electron chi connectivity index (χ2n) is 8.67. The average molecular weight is 483 g/mol. The second kappa shape index (κ2) is 11.4. The molecule has 3 aromatic rings. The van der Waals surface area contributed by atoms with E-state index in [0.717, 1.165) is 38.4 Å². The third-order valence-electron chi connectivity index (χ3n) is 6.09. The Morgan fingerprint density at radius 2 is 1.71 bits per heavy atom. The molecule has 1 aliphatic rings. The van der Waals surface area contributed by atoms with Gasteiger partial charge in [-0.3, -0.25) is 4.79 Å². The molecular formula is C25H30N4O4S. The van der Waals surface area contributed by atoms with E-state index in [1.165, 1.54) is 30.5 Å². The fourth-order valence-electron chi connectivity index (χ4n) is 4.23. The minimum Gasteiger partial charge on any atom is -0.348 e. The van der Waals surface area contributed by atoms with Gasteiger partial charge in [0.05, 0.1) is 4.90 Å². The molecule has 1 saturated heterocycles. The number of amides is 1. The van der Waals surface area contributed by atoms with Gasteiger partial charge >= 0.3 is 11.8 Å². The van der Waals surface area contributed by atoms with Crippen LogP contribution < -0.4 is 5.32 Å². The van der Waals surface area contributed by atoms with Crippen molar-refractivity contribution in [1.29, 1.82) is 0 Å². The van der Waals surface area contributed by atoms with E-state index in [1.807, 2.05) is 0 Å². The Labute approximate surface area is 200 Å². The lowest BCUT2D eigenvalue weighted by atomic mass is 9.90. The molecule has 1 fully saturated rings. The number of sulfone groups is 1. The van der Waals surface area contributed by atoms with Gasteiger partial charge in [-0.2, -0.15) is 4.98 Å². The van der Waals surface area contributed by atoms with E-state index in [4.69, 9.17) is 4.52 Å². The fraction of sp³-hybridized carbons (Fsp3) is 0.400. The molecule has 1 aromatic heterocycles. The van der Waals surface area contributed by atoms with E-state index in [9.17, 15) is 13.2 Å². The molecule has 2 aromatic carbocycles. The Kier molecular flexibility index (Phi) is 8.08. The van der Waals surface area contributed by atoms with Crippen molar-refractivity contribution < 1.29 is 17.7 Å². The molecule has 8 nitrogen and oxygen atoms in total. The van der Waals surface area contributed by atoms with Crippen molar-refractivity contribution in [3.63, 3.8) is 0 Å². The summed E-state index contributed by atoms with van der Waals surface area (Å²) in [4.78, 5) is 18.9. The Bertz CT molecular complexity index is 1160. The molecule has 0 bridgehead atoms. The largest absolute Gasteiger partial charge is 0.348 e. The molecule has 0 saturated carbocycles. The predicted molar refractivity (Wildman–Crippen MR) is 128 cm³/mol. The topological polar surface area (TPSA) is 105 Å². The van der Waals surface area contributed by atoms with Gasteiger partial charge in [-0.05, 0) is 68.9 Å². The molecule has 1 amide bonds. The van der Waals surface area contributed by atoms with Crippen LogP contribution in [0.3, 0.4) is 0 Å². The van der Waals surface area contributed by atoms with Crippen molar-refractivity contribution in [2.75, 3.05) is 26.2 Å². The van der Waals surface area contributed by atoms with Crippen molar-refractivity contribution in [2.45, 2.75) is 36.3 Å². The first-order valence-corrected chi connectivity index (χ1v) is 13.3. The molecule has 4 rings (SSSR count). The van der Waals surface area contributed by atoms with Gasteiger partial charge in [-0.15, -0.1) is 0 Å². The molecule has 0 aliphatic carbocycles. The van der Waals surface area contributed by atoms with Crippen LogP contribution in [0.4, 0.5) is 0 Å². The molecule has 1 aliphatic heterocycles. The molecular weight excluding hydrogens is 452 g/mol. The van der Waals surface area contributed by atoms with Gasteiger partial charge in [-0.1, -0.05) is 53.7 Å². The van der Waals surface area contributed by atoms with Gasteiger partial charge < -0.3 is 14.7 Å². The van der Waals surface area contributed by atoms with Crippen LogP contribution in [0.25, 0.3) is 0 Å². The summed E-state index contributed by atoms with van der Waals surface area (Å²) in [6.45, 7) is 3.56. The number of benzene rings is 2. The monoisotopic (exact) mass is 482 g/mol. The zero-order chi connectivity index (χ0) is 23.8. The smallest absolute Gasteiger partial charge is 0.315 e. The van der Waals surface area contributed by atoms with E-state index >= 15 is 0 Å². The third kappa shape index (κ3) is 6.74. The lowest BCUT2D eigenvalue weighted by molar-refractivity contribution is 0.0906. The van der Waals surface area contributed by atoms with Crippen LogP contribution in [0.1, 0.15) is 41.3 Å². The average Bonchev–Trinajstić information content (AvgIpc) is 3.32. The highest BCUT2D eigenvalue weighted by Crippen LogP contribution is 2.21. The number of nitrogens with zero attached hydrogens (tertiary/aromatic N) is 3. The number of hydrogen-bond donors (Lipinski definition) is 1. The summed E-state index contributed by atoms with van der Waals surface area (Å²) >= 11 is 0. The van der Waals surface area contributed by atoms with Crippen LogP contribution in [0.5, 0.6) is 0 Å². The maximum atomic E-state index is 12.4. The lowest BCUT2D eigenvalue weighted by Gasteiger charge is -2.32. The highest BCUT2D eigenvalue weighted by Gasteiger charge is 2.22. The molecule has 0 atom stereocenters. The summed E-state index contributed by atoms with van der Waals surface area (Å²) in [5, 5.41) is 6.43. The molecule has 0 radical (unpaired) electrons. The van der Waals surface area contributed by atoms with Crippen LogP contribution >= 0.6 is 0 Å². The summed E-state index contributed by atoms with van der Waals surface area (Å²) in [6.07, 6.45) is 4.35. The number of piperidine rings is 1. The zero-order valence-electron chi connectivity index (χ0n) is 19.1. The van der Waals surface area contributed by atoms with Crippen molar-refractivity contribution in [3.8, 4) is 0 Å². The van der Waals surface area contributed by atoms with E-state index in [-0.39, 0.29) is 16.6 Å². The maximum Gasteiger partial charge on any atom is 0.315 e. The van der Waals surface area contributed by atoms with Crippen LogP contribution in [-0.4, -0.2) is 55.5 Å². The quantitative estimate of drug-likeness (QED) is 0.443. The van der Waals surface area contributed by atoms with Crippen LogP contribution in [0, 0.1) is 5.92 Å². The van der Waals surface area contributed by atoms with Crippen LogP contribution in [0.2, 0.25) is 0 Å². The summed E-state index contributed by atoms with van der Waals surface area (Å²) in [6, 6.07) is 18.7. The van der Waals surface area contributed by atoms with Crippen molar-refractivity contribution in [1.82, 2.24) is 20.4 Å². The Morgan fingerprint density at radius 1 is 1.03 bits per heavy atom. The number of nitrogens with one attached hydrogen (secondary N) is 1. The first-order valence-electron chi connectivity index (χ1n) is 11.6. The third-order valence-corrected chi connectivity index (χ3v) is 7.72. The van der Waals surface area contributed by atoms with Gasteiger partial charge in [0, 0.05) is 6.54 Å². The highest BCUT2D eigenvalue weighted by atomic mass is 32.2. The number of carbonyl (C=O) groups excluding carboxylic acids is 1. The summed E-state index contributed by atoms with van der Waals surface area (Å²) in [7, 11) is -3.60. The van der Waals surface area contributed by atoms with Crippen molar-refractivity contribution in [3.05, 3.63) is 77.9 Å². The number of hydrogen-bond acceptors (Lipinski definition) is 7. The van der Waals surface area contributed by atoms with Gasteiger partial charge in [0.15, 0.2) is 15.7 Å². The predicted octanol–water partition coefficient (Wildman–Crippen LogP) is 3.12. The normalized spacial score (nSPS) is 15.3. The molecule has 0 unspecified atom stereocenters. The number of rotatable bonds is 10. The molecule has 34 heavy (non-hydrogen) atoms. The minimum atomic E-state index is -3.60. The first-order chi connectivity index (χ1) is 16.5. The number of aromatic nitrogens is 2. The summed E-state index contributed by atoms with van der Waals surface area (Å²) < 4.78 is 29.8. The van der Waals surface area contributed by atoms with Gasteiger partial charge in [0.1, 0.15) is 5.75 Å². The summed E-state index contributed by atoms with van der Waals surface area (Å²) in [5.41, 5.74) is 1.41. The Morgan fingerprint density at radius 3 is 2.41 bits per heavy atom. The van der Waals surface area contributed by atoms with E-state index in [0.29, 0.717) is 6.54 Å². The first kappa shape index (κ1) is 24.1. The lowest BCUT2D eigenvalue weighted by Crippen LogP contribution is -2.36. The van der Waals surface area contributed by atoms with Gasteiger partial charge in [0.2, 0.25) is 0 Å². The zero-order valence-corrected chi connectivity index (χ0v) is 19.9. The van der Waals surface area contributed by atoms with Crippen molar-refractivity contribution >= 4 is 15.7 Å². The van der Waals surface area contributed by atoms with E-state index in [2.05, 4.69) is 50.7 Å². The molecule has 0 spiro atoms. The Balaban J connectivity index is 1.15. The van der Waals surface area contributed by atoms with Gasteiger partial charge in [-0.25, -0.2) is 8.42 Å². The Hall–Kier alpha value is -3.04.